The third kappa shape index (κ3) is 7.45. The second kappa shape index (κ2) is 6.57. The second-order valence-electron chi connectivity index (χ2n) is 2.22. The van der Waals surface area contributed by atoms with E-state index in [4.69, 9.17) is 4.74 Å². The van der Waals surface area contributed by atoms with Crippen molar-refractivity contribution in [2.75, 3.05) is 19.9 Å². The molecule has 1 nitrogen and oxygen atoms in total. The van der Waals surface area contributed by atoms with E-state index in [1.165, 1.54) is 0 Å². The first kappa shape index (κ1) is 9.45. The molecule has 0 aromatic rings. The molecule has 0 heterocycles. The first-order valence-corrected chi connectivity index (χ1v) is 3.39. The van der Waals surface area contributed by atoms with Gasteiger partial charge in [-0.3, -0.25) is 0 Å². The molecule has 10 heavy (non-hydrogen) atoms. The summed E-state index contributed by atoms with van der Waals surface area (Å²) < 4.78 is 16.2. The maximum atomic E-state index is 11.4. The summed E-state index contributed by atoms with van der Waals surface area (Å²) >= 11 is 0. The van der Waals surface area contributed by atoms with E-state index in [1.54, 1.807) is 0 Å². The van der Waals surface area contributed by atoms with Crippen molar-refractivity contribution in [3.05, 3.63) is 0 Å². The Balaban J connectivity index is 3.12. The summed E-state index contributed by atoms with van der Waals surface area (Å²) in [5.74, 6) is 6.06. The van der Waals surface area contributed by atoms with Crippen LogP contribution in [-0.2, 0) is 4.74 Å². The molecule has 0 aliphatic carbocycles. The minimum atomic E-state index is -0.427. The third-order valence-corrected chi connectivity index (χ3v) is 0.786. The summed E-state index contributed by atoms with van der Waals surface area (Å²) in [6.45, 7) is 4.09. The summed E-state index contributed by atoms with van der Waals surface area (Å²) in [6, 6.07) is 0. The minimum absolute atomic E-state index is 0.159. The highest BCUT2D eigenvalue weighted by Crippen LogP contribution is 1.85. The monoisotopic (exact) mass is 144 g/mol. The molecule has 0 aliphatic heterocycles. The Hall–Kier alpha value is -0.550. The van der Waals surface area contributed by atoms with Gasteiger partial charge in [-0.25, -0.2) is 4.39 Å². The van der Waals surface area contributed by atoms with E-state index in [0.717, 1.165) is 0 Å². The summed E-state index contributed by atoms with van der Waals surface area (Å²) in [5, 5.41) is 0. The molecule has 0 amide bonds. The number of alkyl halides is 1. The van der Waals surface area contributed by atoms with Crippen LogP contribution in [0.25, 0.3) is 0 Å². The summed E-state index contributed by atoms with van der Waals surface area (Å²) in [5.41, 5.74) is 0. The van der Waals surface area contributed by atoms with Gasteiger partial charge in [-0.05, 0) is 0 Å². The summed E-state index contributed by atoms with van der Waals surface area (Å²) in [4.78, 5) is 0. The molecule has 0 N–H and O–H groups in total. The fourth-order valence-electron chi connectivity index (χ4n) is 0.424. The lowest BCUT2D eigenvalue weighted by Crippen LogP contribution is -1.95. The number of hydrogen-bond donors (Lipinski definition) is 0. The van der Waals surface area contributed by atoms with E-state index in [2.05, 4.69) is 11.8 Å². The molecule has 0 atom stereocenters. The third-order valence-electron chi connectivity index (χ3n) is 0.786. The highest BCUT2D eigenvalue weighted by molar-refractivity contribution is 5.01. The van der Waals surface area contributed by atoms with Crippen LogP contribution in [0.3, 0.4) is 0 Å². The molecule has 0 unspecified atom stereocenters. The Bertz CT molecular complexity index is 121. The smallest absolute Gasteiger partial charge is 0.113 e. The lowest BCUT2D eigenvalue weighted by Gasteiger charge is -1.92. The largest absolute Gasteiger partial charge is 0.366 e. The van der Waals surface area contributed by atoms with Crippen LogP contribution in [0, 0.1) is 17.8 Å². The van der Waals surface area contributed by atoms with E-state index in [0.29, 0.717) is 12.5 Å². The van der Waals surface area contributed by atoms with E-state index < -0.39 is 6.67 Å². The Morgan fingerprint density at radius 2 is 2.20 bits per heavy atom. The number of rotatable bonds is 3. The van der Waals surface area contributed by atoms with Gasteiger partial charge in [0, 0.05) is 5.92 Å². The van der Waals surface area contributed by atoms with Crippen molar-refractivity contribution >= 4 is 0 Å². The van der Waals surface area contributed by atoms with Gasteiger partial charge in [0.25, 0.3) is 0 Å². The van der Waals surface area contributed by atoms with Gasteiger partial charge in [0.15, 0.2) is 0 Å². The van der Waals surface area contributed by atoms with Crippen LogP contribution in [0.1, 0.15) is 13.8 Å². The van der Waals surface area contributed by atoms with Crippen LogP contribution < -0.4 is 0 Å². The first-order chi connectivity index (χ1) is 4.77. The van der Waals surface area contributed by atoms with Gasteiger partial charge in [0.2, 0.25) is 0 Å². The second-order valence-corrected chi connectivity index (χ2v) is 2.22. The maximum absolute atomic E-state index is 11.4. The number of ether oxygens (including phenoxy) is 1. The van der Waals surface area contributed by atoms with Gasteiger partial charge in [0.05, 0.1) is 6.61 Å². The van der Waals surface area contributed by atoms with Crippen molar-refractivity contribution in [2.45, 2.75) is 13.8 Å². The fourth-order valence-corrected chi connectivity index (χ4v) is 0.424. The zero-order valence-electron chi connectivity index (χ0n) is 6.48. The van der Waals surface area contributed by atoms with Crippen LogP contribution in [0.2, 0.25) is 0 Å². The Kier molecular flexibility index (Phi) is 6.21. The van der Waals surface area contributed by atoms with Gasteiger partial charge in [-0.2, -0.15) is 0 Å². The van der Waals surface area contributed by atoms with Gasteiger partial charge in [-0.1, -0.05) is 25.7 Å². The van der Waals surface area contributed by atoms with Gasteiger partial charge in [-0.15, -0.1) is 0 Å². The van der Waals surface area contributed by atoms with Crippen LogP contribution in [0.4, 0.5) is 4.39 Å². The Morgan fingerprint density at radius 3 is 2.70 bits per heavy atom. The fraction of sp³-hybridized carbons (Fsp3) is 0.750. The highest BCUT2D eigenvalue weighted by atomic mass is 19.1. The highest BCUT2D eigenvalue weighted by Gasteiger charge is 1.82. The van der Waals surface area contributed by atoms with Crippen molar-refractivity contribution in [3.63, 3.8) is 0 Å². The molecule has 0 bridgehead atoms. The Morgan fingerprint density at radius 1 is 1.50 bits per heavy atom. The van der Waals surface area contributed by atoms with E-state index >= 15 is 0 Å². The SMILES string of the molecule is CC(C)C#CCOCCF. The molecule has 0 rings (SSSR count). The minimum Gasteiger partial charge on any atom is -0.366 e. The van der Waals surface area contributed by atoms with Crippen molar-refractivity contribution in [3.8, 4) is 11.8 Å². The standard InChI is InChI=1S/C8H13FO/c1-8(2)4-3-6-10-7-5-9/h8H,5-7H2,1-2H3. The summed E-state index contributed by atoms with van der Waals surface area (Å²) in [6.07, 6.45) is 0. The molecule has 0 spiro atoms. The van der Waals surface area contributed by atoms with Crippen molar-refractivity contribution in [2.24, 2.45) is 5.92 Å². The van der Waals surface area contributed by atoms with Crippen LogP contribution in [-0.4, -0.2) is 19.9 Å². The van der Waals surface area contributed by atoms with Crippen molar-refractivity contribution in [1.82, 2.24) is 0 Å². The average molecular weight is 144 g/mol. The molecule has 0 saturated heterocycles. The van der Waals surface area contributed by atoms with Gasteiger partial charge < -0.3 is 4.74 Å². The summed E-state index contributed by atoms with van der Waals surface area (Å²) in [7, 11) is 0. The molecule has 0 radical (unpaired) electrons. The molecule has 58 valence electrons. The lowest BCUT2D eigenvalue weighted by atomic mass is 10.2. The van der Waals surface area contributed by atoms with Crippen LogP contribution in [0.5, 0.6) is 0 Å². The van der Waals surface area contributed by atoms with Gasteiger partial charge >= 0.3 is 0 Å². The van der Waals surface area contributed by atoms with Gasteiger partial charge in [0.1, 0.15) is 13.3 Å². The molecule has 2 heteroatoms. The number of halogens is 1. The predicted octanol–water partition coefficient (Wildman–Crippen LogP) is 1.63. The maximum Gasteiger partial charge on any atom is 0.113 e. The quantitative estimate of drug-likeness (QED) is 0.432. The number of hydrogen-bond acceptors (Lipinski definition) is 1. The van der Waals surface area contributed by atoms with E-state index in [-0.39, 0.29) is 6.61 Å². The molecule has 0 aliphatic rings. The Labute approximate surface area is 61.6 Å². The molecule has 0 aromatic heterocycles. The van der Waals surface area contributed by atoms with Crippen LogP contribution in [0.15, 0.2) is 0 Å². The first-order valence-electron chi connectivity index (χ1n) is 3.39. The normalized spacial score (nSPS) is 9.20. The van der Waals surface area contributed by atoms with Crippen LogP contribution >= 0.6 is 0 Å². The van der Waals surface area contributed by atoms with Crippen molar-refractivity contribution in [1.29, 1.82) is 0 Å². The van der Waals surface area contributed by atoms with Crippen molar-refractivity contribution < 1.29 is 9.13 Å². The topological polar surface area (TPSA) is 9.23 Å². The van der Waals surface area contributed by atoms with E-state index in [9.17, 15) is 4.39 Å². The zero-order chi connectivity index (χ0) is 7.82. The average Bonchev–Trinajstić information content (AvgIpc) is 1.87. The molecule has 0 aromatic carbocycles. The molecule has 0 fully saturated rings. The lowest BCUT2D eigenvalue weighted by molar-refractivity contribution is 0.148. The zero-order valence-corrected chi connectivity index (χ0v) is 6.48. The molecular weight excluding hydrogens is 131 g/mol. The molecular formula is C8H13FO. The molecule has 0 saturated carbocycles. The predicted molar refractivity (Wildman–Crippen MR) is 39.4 cm³/mol. The van der Waals surface area contributed by atoms with E-state index in [1.807, 2.05) is 13.8 Å².